The van der Waals surface area contributed by atoms with Crippen LogP contribution < -0.4 is 0 Å². The van der Waals surface area contributed by atoms with Crippen LogP contribution in [-0.4, -0.2) is 75.6 Å². The van der Waals surface area contributed by atoms with Crippen molar-refractivity contribution in [3.05, 3.63) is 0 Å². The summed E-state index contributed by atoms with van der Waals surface area (Å²) in [5.74, 6) is 0. The van der Waals surface area contributed by atoms with Gasteiger partial charge in [0.15, 0.2) is 6.29 Å². The summed E-state index contributed by atoms with van der Waals surface area (Å²) in [6.45, 7) is 1.45. The van der Waals surface area contributed by atoms with Gasteiger partial charge in [0.2, 0.25) is 0 Å². The largest absolute Gasteiger partial charge is 0.394 e. The maximum Gasteiger partial charge on any atom is 0.187 e. The van der Waals surface area contributed by atoms with Crippen molar-refractivity contribution >= 4 is 0 Å². The Kier molecular flexibility index (Phi) is 10.2. The monoisotopic (exact) mass is 336 g/mol. The number of rotatable bonds is 11. The van der Waals surface area contributed by atoms with E-state index in [1.54, 1.807) is 0 Å². The first kappa shape index (κ1) is 20.8. The van der Waals surface area contributed by atoms with E-state index in [-0.39, 0.29) is 6.61 Å². The molecule has 0 saturated carbocycles. The summed E-state index contributed by atoms with van der Waals surface area (Å²) < 4.78 is 10.8. The highest BCUT2D eigenvalue weighted by Crippen LogP contribution is 2.24. The topological polar surface area (TPSA) is 120 Å². The normalized spacial score (nSPS) is 32.9. The van der Waals surface area contributed by atoms with Crippen molar-refractivity contribution in [2.75, 3.05) is 13.2 Å². The van der Waals surface area contributed by atoms with E-state index in [9.17, 15) is 20.4 Å². The molecule has 1 saturated heterocycles. The van der Waals surface area contributed by atoms with Crippen molar-refractivity contribution in [2.45, 2.75) is 88.7 Å². The summed E-state index contributed by atoms with van der Waals surface area (Å²) in [5, 5.41) is 47.9. The summed E-state index contributed by atoms with van der Waals surface area (Å²) >= 11 is 0. The zero-order valence-corrected chi connectivity index (χ0v) is 13.9. The minimum Gasteiger partial charge on any atom is -0.394 e. The van der Waals surface area contributed by atoms with E-state index >= 15 is 0 Å². The van der Waals surface area contributed by atoms with Crippen molar-refractivity contribution in [3.63, 3.8) is 0 Å². The number of hydrogen-bond donors (Lipinski definition) is 5. The number of hydrogen-bond acceptors (Lipinski definition) is 7. The van der Waals surface area contributed by atoms with Crippen LogP contribution in [0, 0.1) is 0 Å². The smallest absolute Gasteiger partial charge is 0.187 e. The minimum atomic E-state index is -1.46. The first-order valence-electron chi connectivity index (χ1n) is 8.62. The molecule has 0 aromatic carbocycles. The van der Waals surface area contributed by atoms with E-state index in [1.807, 2.05) is 0 Å². The summed E-state index contributed by atoms with van der Waals surface area (Å²) in [4.78, 5) is 0. The second-order valence-electron chi connectivity index (χ2n) is 6.19. The molecule has 7 nitrogen and oxygen atoms in total. The lowest BCUT2D eigenvalue weighted by Gasteiger charge is -2.40. The van der Waals surface area contributed by atoms with Gasteiger partial charge in [0.25, 0.3) is 0 Å². The van der Waals surface area contributed by atoms with E-state index in [0.29, 0.717) is 6.42 Å². The van der Waals surface area contributed by atoms with Crippen LogP contribution in [0.5, 0.6) is 0 Å². The van der Waals surface area contributed by atoms with Gasteiger partial charge in [0.1, 0.15) is 24.4 Å². The van der Waals surface area contributed by atoms with Gasteiger partial charge in [-0.3, -0.25) is 0 Å². The predicted octanol–water partition coefficient (Wildman–Crippen LogP) is -0.0856. The van der Waals surface area contributed by atoms with Crippen LogP contribution in [0.15, 0.2) is 0 Å². The van der Waals surface area contributed by atoms with Crippen molar-refractivity contribution in [2.24, 2.45) is 0 Å². The fraction of sp³-hybridized carbons (Fsp3) is 1.00. The Bertz CT molecular complexity index is 300. The van der Waals surface area contributed by atoms with Crippen LogP contribution in [0.3, 0.4) is 0 Å². The molecule has 23 heavy (non-hydrogen) atoms. The lowest BCUT2D eigenvalue weighted by molar-refractivity contribution is -0.313. The second-order valence-corrected chi connectivity index (χ2v) is 6.19. The minimum absolute atomic E-state index is 0.218. The van der Waals surface area contributed by atoms with Gasteiger partial charge in [-0.05, 0) is 6.42 Å². The van der Waals surface area contributed by atoms with Gasteiger partial charge in [-0.2, -0.15) is 0 Å². The molecule has 1 aliphatic heterocycles. The van der Waals surface area contributed by atoms with E-state index in [4.69, 9.17) is 14.6 Å². The second kappa shape index (κ2) is 11.3. The van der Waals surface area contributed by atoms with Gasteiger partial charge in [0.05, 0.1) is 19.3 Å². The summed E-state index contributed by atoms with van der Waals surface area (Å²) in [7, 11) is 0. The van der Waals surface area contributed by atoms with Crippen molar-refractivity contribution in [1.82, 2.24) is 0 Å². The van der Waals surface area contributed by atoms with Gasteiger partial charge in [-0.25, -0.2) is 0 Å². The first-order valence-corrected chi connectivity index (χ1v) is 8.62. The predicted molar refractivity (Wildman–Crippen MR) is 83.7 cm³/mol. The SMILES string of the molecule is CCCCCCCC[C@H](CO)O[C@@H]1O[C@H](CO)[C@H](O)[C@H](O)[C@H]1O. The third-order valence-electron chi connectivity index (χ3n) is 4.26. The number of aliphatic hydroxyl groups excluding tert-OH is 5. The van der Waals surface area contributed by atoms with Crippen molar-refractivity contribution in [1.29, 1.82) is 0 Å². The van der Waals surface area contributed by atoms with Crippen LogP contribution in [0.1, 0.15) is 51.9 Å². The number of unbranched alkanes of at least 4 members (excludes halogenated alkanes) is 5. The van der Waals surface area contributed by atoms with Crippen molar-refractivity contribution < 1.29 is 35.0 Å². The zero-order chi connectivity index (χ0) is 17.2. The highest BCUT2D eigenvalue weighted by atomic mass is 16.7. The van der Waals surface area contributed by atoms with Gasteiger partial charge in [0, 0.05) is 0 Å². The third kappa shape index (κ3) is 6.62. The van der Waals surface area contributed by atoms with Gasteiger partial charge < -0.3 is 35.0 Å². The molecule has 0 bridgehead atoms. The highest BCUT2D eigenvalue weighted by Gasteiger charge is 2.44. The maximum absolute atomic E-state index is 9.91. The van der Waals surface area contributed by atoms with Gasteiger partial charge >= 0.3 is 0 Å². The van der Waals surface area contributed by atoms with Gasteiger partial charge in [-0.1, -0.05) is 45.4 Å². The molecule has 0 aliphatic carbocycles. The molecule has 1 heterocycles. The lowest BCUT2D eigenvalue weighted by Crippen LogP contribution is -2.59. The molecule has 138 valence electrons. The molecule has 5 N–H and O–H groups in total. The van der Waals surface area contributed by atoms with Crippen molar-refractivity contribution in [3.8, 4) is 0 Å². The summed E-state index contributed by atoms with van der Waals surface area (Å²) in [5.41, 5.74) is 0. The average Bonchev–Trinajstić information content (AvgIpc) is 2.56. The molecule has 7 heteroatoms. The Morgan fingerprint density at radius 1 is 0.913 bits per heavy atom. The zero-order valence-electron chi connectivity index (χ0n) is 13.9. The quantitative estimate of drug-likeness (QED) is 0.335. The third-order valence-corrected chi connectivity index (χ3v) is 4.26. The standard InChI is InChI=1S/C16H32O7/c1-2-3-4-5-6-7-8-11(9-17)22-16-15(21)14(20)13(19)12(10-18)23-16/h11-21H,2-10H2,1H3/t11-,12-,13+,14+,15-,16-/m1/s1. The molecule has 0 radical (unpaired) electrons. The molecular formula is C16H32O7. The van der Waals surface area contributed by atoms with Crippen LogP contribution in [0.4, 0.5) is 0 Å². The highest BCUT2D eigenvalue weighted by molar-refractivity contribution is 4.89. The molecule has 1 fully saturated rings. The van der Waals surface area contributed by atoms with Crippen LogP contribution in [-0.2, 0) is 9.47 Å². The molecular weight excluding hydrogens is 304 g/mol. The summed E-state index contributed by atoms with van der Waals surface area (Å²) in [6.07, 6.45) is 0.367. The molecule has 0 aromatic heterocycles. The molecule has 6 atom stereocenters. The molecule has 1 rings (SSSR count). The molecule has 0 amide bonds. The van der Waals surface area contributed by atoms with Crippen LogP contribution in [0.25, 0.3) is 0 Å². The maximum atomic E-state index is 9.91. The first-order chi connectivity index (χ1) is 11.0. The fourth-order valence-electron chi connectivity index (χ4n) is 2.72. The molecule has 1 aliphatic rings. The molecule has 0 spiro atoms. The van der Waals surface area contributed by atoms with Crippen LogP contribution >= 0.6 is 0 Å². The van der Waals surface area contributed by atoms with E-state index in [0.717, 1.165) is 19.3 Å². The Morgan fingerprint density at radius 2 is 1.57 bits per heavy atom. The Labute approximate surface area is 137 Å². The average molecular weight is 336 g/mol. The van der Waals surface area contributed by atoms with Gasteiger partial charge in [-0.15, -0.1) is 0 Å². The van der Waals surface area contributed by atoms with E-state index < -0.39 is 43.4 Å². The molecule has 0 unspecified atom stereocenters. The Balaban J connectivity index is 2.38. The molecule has 0 aromatic rings. The number of aliphatic hydroxyl groups is 5. The van der Waals surface area contributed by atoms with E-state index in [2.05, 4.69) is 6.92 Å². The Hall–Kier alpha value is -0.280. The van der Waals surface area contributed by atoms with Crippen LogP contribution in [0.2, 0.25) is 0 Å². The van der Waals surface area contributed by atoms with E-state index in [1.165, 1.54) is 19.3 Å². The lowest BCUT2D eigenvalue weighted by atomic mass is 9.99. The summed E-state index contributed by atoms with van der Waals surface area (Å²) in [6, 6.07) is 0. The number of ether oxygens (including phenoxy) is 2. The Morgan fingerprint density at radius 3 is 2.17 bits per heavy atom. The fourth-order valence-corrected chi connectivity index (χ4v) is 2.72.